The zero-order valence-corrected chi connectivity index (χ0v) is 20.1. The van der Waals surface area contributed by atoms with Crippen molar-refractivity contribution in [2.24, 2.45) is 0 Å². The summed E-state index contributed by atoms with van der Waals surface area (Å²) < 4.78 is 0. The zero-order valence-electron chi connectivity index (χ0n) is 20.1. The molecular formula is C28H44N2O2. The highest BCUT2D eigenvalue weighted by molar-refractivity contribution is 5.84. The minimum atomic E-state index is 0.144. The summed E-state index contributed by atoms with van der Waals surface area (Å²) in [5.74, 6) is 0.414. The van der Waals surface area contributed by atoms with Gasteiger partial charge in [0.2, 0.25) is 5.91 Å². The van der Waals surface area contributed by atoms with Gasteiger partial charge in [0, 0.05) is 30.1 Å². The minimum absolute atomic E-state index is 0.144. The van der Waals surface area contributed by atoms with E-state index in [1.807, 2.05) is 12.3 Å². The smallest absolute Gasteiger partial charge is 0.220 e. The van der Waals surface area contributed by atoms with E-state index in [1.165, 1.54) is 70.6 Å². The van der Waals surface area contributed by atoms with Gasteiger partial charge < -0.3 is 15.4 Å². The average molecular weight is 441 g/mol. The van der Waals surface area contributed by atoms with E-state index >= 15 is 0 Å². The number of carbonyl (C=O) groups is 1. The number of phenols is 1. The van der Waals surface area contributed by atoms with E-state index in [0.29, 0.717) is 13.0 Å². The molecule has 0 atom stereocenters. The van der Waals surface area contributed by atoms with Crippen molar-refractivity contribution in [3.8, 4) is 5.75 Å². The summed E-state index contributed by atoms with van der Waals surface area (Å²) >= 11 is 0. The molecule has 1 aromatic heterocycles. The Labute approximate surface area is 194 Å². The fraction of sp³-hybridized carbons (Fsp3) is 0.607. The molecule has 0 aliphatic heterocycles. The van der Waals surface area contributed by atoms with Crippen molar-refractivity contribution in [3.05, 3.63) is 42.1 Å². The largest absolute Gasteiger partial charge is 0.508 e. The first-order chi connectivity index (χ1) is 15.7. The third-order valence-corrected chi connectivity index (χ3v) is 6.13. The molecule has 0 radical (unpaired) electrons. The summed E-state index contributed by atoms with van der Waals surface area (Å²) in [6, 6.07) is 5.33. The Morgan fingerprint density at radius 1 is 0.938 bits per heavy atom. The Bertz CT molecular complexity index is 794. The first kappa shape index (κ1) is 26.0. The summed E-state index contributed by atoms with van der Waals surface area (Å²) in [5, 5.41) is 13.7. The molecule has 0 aliphatic rings. The lowest BCUT2D eigenvalue weighted by Crippen LogP contribution is -2.25. The third-order valence-electron chi connectivity index (χ3n) is 6.13. The van der Waals surface area contributed by atoms with Gasteiger partial charge in [-0.05, 0) is 62.3 Å². The van der Waals surface area contributed by atoms with Crippen LogP contribution in [0.4, 0.5) is 0 Å². The van der Waals surface area contributed by atoms with Crippen molar-refractivity contribution >= 4 is 16.8 Å². The number of allylic oxidation sites excluding steroid dienone is 2. The number of phenolic OH excluding ortho intramolecular Hbond substituents is 1. The van der Waals surface area contributed by atoms with E-state index in [9.17, 15) is 9.90 Å². The molecule has 1 heterocycles. The summed E-state index contributed by atoms with van der Waals surface area (Å²) in [6.45, 7) is 2.90. The summed E-state index contributed by atoms with van der Waals surface area (Å²) in [4.78, 5) is 15.3. The molecule has 2 aromatic rings. The molecule has 1 amide bonds. The van der Waals surface area contributed by atoms with Gasteiger partial charge in [-0.15, -0.1) is 0 Å². The molecule has 0 aliphatic carbocycles. The Morgan fingerprint density at radius 2 is 1.59 bits per heavy atom. The number of unbranched alkanes of at least 4 members (excludes halogenated alkanes) is 11. The number of amides is 1. The average Bonchev–Trinajstić information content (AvgIpc) is 3.18. The lowest BCUT2D eigenvalue weighted by Gasteiger charge is -2.05. The Kier molecular flexibility index (Phi) is 13.3. The molecule has 0 spiro atoms. The van der Waals surface area contributed by atoms with Gasteiger partial charge in [-0.3, -0.25) is 4.79 Å². The summed E-state index contributed by atoms with van der Waals surface area (Å²) in [7, 11) is 0. The van der Waals surface area contributed by atoms with Crippen LogP contribution in [0.3, 0.4) is 0 Å². The molecule has 4 heteroatoms. The van der Waals surface area contributed by atoms with Gasteiger partial charge in [-0.25, -0.2) is 0 Å². The second kappa shape index (κ2) is 16.4. The standard InChI is InChI=1S/C28H44N2O2/c1-2-3-4-5-6-7-8-9-10-11-12-13-14-15-16-17-28(32)29-21-20-24-23-30-27-19-18-25(31)22-26(24)27/h9-10,18-19,22-23,30-31H,2-8,11-17,20-21H2,1H3,(H,29,32). The van der Waals surface area contributed by atoms with Gasteiger partial charge >= 0.3 is 0 Å². The van der Waals surface area contributed by atoms with Crippen molar-refractivity contribution in [1.29, 1.82) is 0 Å². The molecule has 178 valence electrons. The van der Waals surface area contributed by atoms with E-state index in [1.54, 1.807) is 12.1 Å². The zero-order chi connectivity index (χ0) is 22.9. The Hall–Kier alpha value is -2.23. The molecule has 0 unspecified atom stereocenters. The number of carbonyl (C=O) groups excluding carboxylic acids is 1. The maximum atomic E-state index is 12.1. The Morgan fingerprint density at radius 3 is 2.31 bits per heavy atom. The van der Waals surface area contributed by atoms with Gasteiger partial charge in [0.15, 0.2) is 0 Å². The van der Waals surface area contributed by atoms with Crippen LogP contribution in [-0.4, -0.2) is 22.5 Å². The highest BCUT2D eigenvalue weighted by Gasteiger charge is 2.06. The summed E-state index contributed by atoms with van der Waals surface area (Å²) in [5.41, 5.74) is 2.13. The number of aromatic nitrogens is 1. The van der Waals surface area contributed by atoms with Crippen LogP contribution in [0.15, 0.2) is 36.5 Å². The number of aromatic amines is 1. The topological polar surface area (TPSA) is 65.1 Å². The molecule has 2 rings (SSSR count). The third kappa shape index (κ3) is 10.9. The number of aromatic hydroxyl groups is 1. The van der Waals surface area contributed by atoms with Crippen LogP contribution in [0.1, 0.15) is 102 Å². The van der Waals surface area contributed by atoms with E-state index in [0.717, 1.165) is 35.7 Å². The van der Waals surface area contributed by atoms with Gasteiger partial charge in [-0.1, -0.05) is 70.4 Å². The number of H-pyrrole nitrogens is 1. The van der Waals surface area contributed by atoms with Crippen LogP contribution in [0.25, 0.3) is 10.9 Å². The highest BCUT2D eigenvalue weighted by atomic mass is 16.3. The van der Waals surface area contributed by atoms with Gasteiger partial charge in [0.05, 0.1) is 0 Å². The maximum absolute atomic E-state index is 12.1. The predicted octanol–water partition coefficient (Wildman–Crippen LogP) is 7.57. The van der Waals surface area contributed by atoms with Gasteiger partial charge in [0.1, 0.15) is 5.75 Å². The quantitative estimate of drug-likeness (QED) is 0.165. The lowest BCUT2D eigenvalue weighted by atomic mass is 10.1. The molecule has 32 heavy (non-hydrogen) atoms. The number of benzene rings is 1. The normalized spacial score (nSPS) is 11.5. The van der Waals surface area contributed by atoms with Gasteiger partial charge in [0.25, 0.3) is 0 Å². The number of nitrogens with one attached hydrogen (secondary N) is 2. The van der Waals surface area contributed by atoms with E-state index in [-0.39, 0.29) is 11.7 Å². The van der Waals surface area contributed by atoms with Crippen molar-refractivity contribution in [1.82, 2.24) is 10.3 Å². The SMILES string of the molecule is CCCCCCCCC=CCCCCCCCC(=O)NCCc1c[nH]c2ccc(O)cc12. The molecule has 4 nitrogen and oxygen atoms in total. The Balaban J connectivity index is 1.40. The molecule has 3 N–H and O–H groups in total. The van der Waals surface area contributed by atoms with Crippen molar-refractivity contribution in [2.45, 2.75) is 103 Å². The van der Waals surface area contributed by atoms with E-state index in [4.69, 9.17) is 0 Å². The highest BCUT2D eigenvalue weighted by Crippen LogP contribution is 2.23. The van der Waals surface area contributed by atoms with E-state index < -0.39 is 0 Å². The number of fused-ring (bicyclic) bond motifs is 1. The summed E-state index contributed by atoms with van der Waals surface area (Å²) in [6.07, 6.45) is 24.6. The maximum Gasteiger partial charge on any atom is 0.220 e. The van der Waals surface area contributed by atoms with Crippen molar-refractivity contribution < 1.29 is 9.90 Å². The molecule has 0 bridgehead atoms. The molecule has 1 aromatic carbocycles. The number of hydrogen-bond donors (Lipinski definition) is 3. The van der Waals surface area contributed by atoms with Gasteiger partial charge in [-0.2, -0.15) is 0 Å². The second-order valence-corrected chi connectivity index (χ2v) is 8.98. The van der Waals surface area contributed by atoms with Crippen LogP contribution in [0.2, 0.25) is 0 Å². The fourth-order valence-corrected chi connectivity index (χ4v) is 4.15. The van der Waals surface area contributed by atoms with E-state index in [2.05, 4.69) is 29.4 Å². The van der Waals surface area contributed by atoms with Crippen LogP contribution < -0.4 is 5.32 Å². The first-order valence-electron chi connectivity index (χ1n) is 12.9. The molecular weight excluding hydrogens is 396 g/mol. The molecule has 0 saturated heterocycles. The van der Waals surface area contributed by atoms with Crippen LogP contribution in [0, 0.1) is 0 Å². The fourth-order valence-electron chi connectivity index (χ4n) is 4.15. The van der Waals surface area contributed by atoms with Crippen LogP contribution >= 0.6 is 0 Å². The minimum Gasteiger partial charge on any atom is -0.508 e. The van der Waals surface area contributed by atoms with Crippen molar-refractivity contribution in [2.75, 3.05) is 6.54 Å². The number of hydrogen-bond acceptors (Lipinski definition) is 2. The monoisotopic (exact) mass is 440 g/mol. The predicted molar refractivity (Wildman–Crippen MR) is 136 cm³/mol. The van der Waals surface area contributed by atoms with Crippen LogP contribution in [-0.2, 0) is 11.2 Å². The van der Waals surface area contributed by atoms with Crippen molar-refractivity contribution in [3.63, 3.8) is 0 Å². The lowest BCUT2D eigenvalue weighted by molar-refractivity contribution is -0.121. The number of rotatable bonds is 18. The molecule has 0 saturated carbocycles. The molecule has 0 fully saturated rings. The second-order valence-electron chi connectivity index (χ2n) is 8.98. The van der Waals surface area contributed by atoms with Crippen LogP contribution in [0.5, 0.6) is 5.75 Å². The first-order valence-corrected chi connectivity index (χ1v) is 12.9.